The number of pyridine rings is 1. The van der Waals surface area contributed by atoms with E-state index in [1.165, 1.54) is 11.8 Å². The molecule has 0 aliphatic heterocycles. The summed E-state index contributed by atoms with van der Waals surface area (Å²) < 4.78 is 1.93. The van der Waals surface area contributed by atoms with Crippen molar-refractivity contribution in [2.45, 2.75) is 16.7 Å². The van der Waals surface area contributed by atoms with Gasteiger partial charge in [-0.05, 0) is 30.0 Å². The van der Waals surface area contributed by atoms with Crippen LogP contribution in [0.3, 0.4) is 0 Å². The molecule has 3 heterocycles. The van der Waals surface area contributed by atoms with Crippen LogP contribution in [0.25, 0.3) is 22.3 Å². The first-order valence-electron chi connectivity index (χ1n) is 7.69. The van der Waals surface area contributed by atoms with Gasteiger partial charge in [0, 0.05) is 29.9 Å². The van der Waals surface area contributed by atoms with Gasteiger partial charge in [-0.3, -0.25) is 4.98 Å². The van der Waals surface area contributed by atoms with Crippen molar-refractivity contribution < 1.29 is 0 Å². The molecule has 122 valence electrons. The lowest BCUT2D eigenvalue weighted by Gasteiger charge is -2.08. The van der Waals surface area contributed by atoms with Crippen molar-refractivity contribution >= 4 is 22.7 Å². The van der Waals surface area contributed by atoms with Crippen LogP contribution in [0.15, 0.2) is 78.0 Å². The van der Waals surface area contributed by atoms with Crippen LogP contribution < -0.4 is 0 Å². The molecule has 0 atom stereocenters. The largest absolute Gasteiger partial charge is 0.304 e. The van der Waals surface area contributed by atoms with Crippen LogP contribution in [0.1, 0.15) is 0 Å². The lowest BCUT2D eigenvalue weighted by atomic mass is 10.2. The molecule has 0 unspecified atom stereocenters. The number of allylic oxidation sites excluding steroid dienone is 1. The number of para-hydroxylation sites is 1. The third-order valence-corrected chi connectivity index (χ3v) is 4.59. The van der Waals surface area contributed by atoms with E-state index < -0.39 is 0 Å². The summed E-state index contributed by atoms with van der Waals surface area (Å²) in [6.07, 6.45) is 7.00. The van der Waals surface area contributed by atoms with Gasteiger partial charge in [0.05, 0.1) is 5.52 Å². The van der Waals surface area contributed by atoms with E-state index >= 15 is 0 Å². The van der Waals surface area contributed by atoms with Gasteiger partial charge < -0.3 is 4.57 Å². The molecule has 6 nitrogen and oxygen atoms in total. The molecule has 0 bridgehead atoms. The Hall–Kier alpha value is -3.06. The third kappa shape index (κ3) is 3.14. The SMILES string of the molecule is C=CCn1cnnc1Sc1nc(-c2cccnc2)nc2ccccc12. The van der Waals surface area contributed by atoms with E-state index in [0.717, 1.165) is 26.6 Å². The average molecular weight is 346 g/mol. The van der Waals surface area contributed by atoms with Crippen molar-refractivity contribution in [2.24, 2.45) is 0 Å². The number of rotatable bonds is 5. The monoisotopic (exact) mass is 346 g/mol. The number of aromatic nitrogens is 6. The van der Waals surface area contributed by atoms with Crippen LogP contribution in [0, 0.1) is 0 Å². The van der Waals surface area contributed by atoms with E-state index in [2.05, 4.69) is 26.7 Å². The molecule has 0 amide bonds. The third-order valence-electron chi connectivity index (χ3n) is 3.58. The number of hydrogen-bond acceptors (Lipinski definition) is 6. The molecule has 0 aliphatic carbocycles. The fraction of sp³-hybridized carbons (Fsp3) is 0.0556. The molecule has 0 radical (unpaired) electrons. The maximum Gasteiger partial charge on any atom is 0.197 e. The maximum absolute atomic E-state index is 4.75. The standard InChI is InChI=1S/C18H14N6S/c1-2-10-24-12-20-23-18(24)25-17-14-7-3-4-8-15(14)21-16(22-17)13-6-5-9-19-11-13/h2-9,11-12H,1,10H2. The van der Waals surface area contributed by atoms with Gasteiger partial charge in [0.15, 0.2) is 11.0 Å². The minimum absolute atomic E-state index is 0.643. The van der Waals surface area contributed by atoms with Gasteiger partial charge in [-0.1, -0.05) is 24.3 Å². The molecule has 0 N–H and O–H groups in total. The molecule has 4 aromatic rings. The number of nitrogens with zero attached hydrogens (tertiary/aromatic N) is 6. The minimum atomic E-state index is 0.643. The van der Waals surface area contributed by atoms with E-state index in [1.54, 1.807) is 18.7 Å². The van der Waals surface area contributed by atoms with E-state index in [1.807, 2.05) is 47.0 Å². The molecule has 0 saturated heterocycles. The van der Waals surface area contributed by atoms with Gasteiger partial charge in [-0.15, -0.1) is 16.8 Å². The Morgan fingerprint density at radius 1 is 1.12 bits per heavy atom. The molecule has 0 aliphatic rings. The Bertz CT molecular complexity index is 1030. The summed E-state index contributed by atoms with van der Waals surface area (Å²) in [4.78, 5) is 13.6. The van der Waals surface area contributed by atoms with Gasteiger partial charge >= 0.3 is 0 Å². The summed E-state index contributed by atoms with van der Waals surface area (Å²) in [6.45, 7) is 4.42. The van der Waals surface area contributed by atoms with Crippen molar-refractivity contribution in [1.29, 1.82) is 0 Å². The Labute approximate surface area is 148 Å². The van der Waals surface area contributed by atoms with Crippen LogP contribution in [-0.4, -0.2) is 29.7 Å². The molecular weight excluding hydrogens is 332 g/mol. The number of hydrogen-bond donors (Lipinski definition) is 0. The lowest BCUT2D eigenvalue weighted by Crippen LogP contribution is -1.98. The van der Waals surface area contributed by atoms with Gasteiger partial charge in [-0.25, -0.2) is 9.97 Å². The lowest BCUT2D eigenvalue weighted by molar-refractivity contribution is 0.724. The summed E-state index contributed by atoms with van der Waals surface area (Å²) in [5.41, 5.74) is 1.76. The van der Waals surface area contributed by atoms with Crippen LogP contribution in [-0.2, 0) is 6.54 Å². The minimum Gasteiger partial charge on any atom is -0.304 e. The van der Waals surface area contributed by atoms with Crippen molar-refractivity contribution in [1.82, 2.24) is 29.7 Å². The molecule has 1 aromatic carbocycles. The van der Waals surface area contributed by atoms with E-state index in [0.29, 0.717) is 12.4 Å². The van der Waals surface area contributed by atoms with Crippen LogP contribution in [0.4, 0.5) is 0 Å². The second kappa shape index (κ2) is 6.82. The highest BCUT2D eigenvalue weighted by atomic mass is 32.2. The van der Waals surface area contributed by atoms with Gasteiger partial charge in [0.1, 0.15) is 11.4 Å². The Morgan fingerprint density at radius 2 is 2.04 bits per heavy atom. The number of benzene rings is 1. The smallest absolute Gasteiger partial charge is 0.197 e. The molecule has 3 aromatic heterocycles. The predicted molar refractivity (Wildman–Crippen MR) is 97.1 cm³/mol. The summed E-state index contributed by atoms with van der Waals surface area (Å²) in [6, 6.07) is 11.8. The van der Waals surface area contributed by atoms with E-state index in [4.69, 9.17) is 4.98 Å². The Morgan fingerprint density at radius 3 is 2.88 bits per heavy atom. The highest BCUT2D eigenvalue weighted by molar-refractivity contribution is 7.99. The number of fused-ring (bicyclic) bond motifs is 1. The summed E-state index contributed by atoms with van der Waals surface area (Å²) in [7, 11) is 0. The van der Waals surface area contributed by atoms with Crippen LogP contribution in [0.5, 0.6) is 0 Å². The first-order valence-corrected chi connectivity index (χ1v) is 8.50. The summed E-state index contributed by atoms with van der Waals surface area (Å²) >= 11 is 1.47. The Balaban J connectivity index is 1.84. The summed E-state index contributed by atoms with van der Waals surface area (Å²) in [5, 5.41) is 10.8. The first-order chi connectivity index (χ1) is 12.3. The first kappa shape index (κ1) is 15.5. The van der Waals surface area contributed by atoms with Crippen molar-refractivity contribution in [3.05, 3.63) is 67.8 Å². The molecule has 25 heavy (non-hydrogen) atoms. The highest BCUT2D eigenvalue weighted by Crippen LogP contribution is 2.32. The van der Waals surface area contributed by atoms with Crippen molar-refractivity contribution in [3.8, 4) is 11.4 Å². The Kier molecular flexibility index (Phi) is 4.22. The van der Waals surface area contributed by atoms with E-state index in [-0.39, 0.29) is 0 Å². The zero-order chi connectivity index (χ0) is 17.1. The molecule has 0 fully saturated rings. The normalized spacial score (nSPS) is 10.9. The van der Waals surface area contributed by atoms with Crippen molar-refractivity contribution in [3.63, 3.8) is 0 Å². The molecule has 4 rings (SSSR count). The topological polar surface area (TPSA) is 69.4 Å². The van der Waals surface area contributed by atoms with Crippen LogP contribution >= 0.6 is 11.8 Å². The zero-order valence-electron chi connectivity index (χ0n) is 13.3. The second-order valence-electron chi connectivity index (χ2n) is 5.27. The van der Waals surface area contributed by atoms with Crippen molar-refractivity contribution in [2.75, 3.05) is 0 Å². The fourth-order valence-electron chi connectivity index (χ4n) is 2.42. The summed E-state index contributed by atoms with van der Waals surface area (Å²) in [5.74, 6) is 0.643. The highest BCUT2D eigenvalue weighted by Gasteiger charge is 2.13. The molecular formula is C18H14N6S. The maximum atomic E-state index is 4.75. The predicted octanol–water partition coefficient (Wildman–Crippen LogP) is 3.62. The quantitative estimate of drug-likeness (QED) is 0.406. The molecule has 0 saturated carbocycles. The van der Waals surface area contributed by atoms with Gasteiger partial charge in [-0.2, -0.15) is 0 Å². The van der Waals surface area contributed by atoms with Gasteiger partial charge in [0.2, 0.25) is 0 Å². The zero-order valence-corrected chi connectivity index (χ0v) is 14.1. The molecule has 7 heteroatoms. The fourth-order valence-corrected chi connectivity index (χ4v) is 3.34. The van der Waals surface area contributed by atoms with E-state index in [9.17, 15) is 0 Å². The second-order valence-corrected chi connectivity index (χ2v) is 6.22. The average Bonchev–Trinajstić information content (AvgIpc) is 3.09. The molecule has 0 spiro atoms. The van der Waals surface area contributed by atoms with Crippen LogP contribution in [0.2, 0.25) is 0 Å². The van der Waals surface area contributed by atoms with Gasteiger partial charge in [0.25, 0.3) is 0 Å².